The molecule has 1 N–H and O–H groups in total. The molecule has 0 spiro atoms. The number of carbonyl (C=O) groups is 2. The fourth-order valence-electron chi connectivity index (χ4n) is 3.10. The molecule has 0 fully saturated rings. The van der Waals surface area contributed by atoms with Gasteiger partial charge in [0.1, 0.15) is 6.61 Å². The normalized spacial score (nSPS) is 10.9. The fourth-order valence-corrected chi connectivity index (χ4v) is 4.00. The summed E-state index contributed by atoms with van der Waals surface area (Å²) in [5, 5.41) is 24.7. The number of carbonyl (C=O) groups excluding carboxylic acids is 2. The number of hydrogen-bond donors (Lipinski definition) is 1. The van der Waals surface area contributed by atoms with Gasteiger partial charge in [0.15, 0.2) is 5.13 Å². The zero-order valence-corrected chi connectivity index (χ0v) is 19.2. The topological polar surface area (TPSA) is 158 Å². The molecule has 3 rings (SSSR count). The number of anilines is 1. The van der Waals surface area contributed by atoms with E-state index in [1.807, 2.05) is 13.8 Å². The summed E-state index contributed by atoms with van der Waals surface area (Å²) in [7, 11) is 0. The Balaban J connectivity index is 1.74. The summed E-state index contributed by atoms with van der Waals surface area (Å²) in [6.45, 7) is 6.67. The van der Waals surface area contributed by atoms with Gasteiger partial charge in [-0.3, -0.25) is 30.3 Å². The Hall–Kier alpha value is -3.97. The number of nitro benzene ring substituents is 2. The average molecular weight is 487 g/mol. The number of likely N-dealkylation sites (N-methyl/N-ethyl adjacent to an activating group) is 1. The number of hydrogen-bond acceptors (Lipinski definition) is 10. The molecule has 1 amide bonds. The van der Waals surface area contributed by atoms with Gasteiger partial charge in [0.2, 0.25) is 0 Å². The van der Waals surface area contributed by atoms with Gasteiger partial charge in [-0.2, -0.15) is 0 Å². The minimum absolute atomic E-state index is 0.168. The van der Waals surface area contributed by atoms with E-state index in [0.717, 1.165) is 42.6 Å². The van der Waals surface area contributed by atoms with Gasteiger partial charge in [0.05, 0.1) is 37.3 Å². The molecular formula is C21H21N5O7S. The van der Waals surface area contributed by atoms with Crippen LogP contribution in [0.4, 0.5) is 16.5 Å². The Morgan fingerprint density at radius 1 is 1.03 bits per heavy atom. The zero-order valence-electron chi connectivity index (χ0n) is 18.3. The maximum absolute atomic E-state index is 12.6. The number of esters is 1. The molecule has 34 heavy (non-hydrogen) atoms. The van der Waals surface area contributed by atoms with Crippen LogP contribution in [0, 0.1) is 20.2 Å². The molecule has 0 aliphatic heterocycles. The molecule has 0 radical (unpaired) electrons. The summed E-state index contributed by atoms with van der Waals surface area (Å²) >= 11 is 1.08. The van der Waals surface area contributed by atoms with E-state index in [4.69, 9.17) is 4.74 Å². The molecule has 0 saturated carbocycles. The van der Waals surface area contributed by atoms with Gasteiger partial charge in [-0.15, -0.1) is 0 Å². The van der Waals surface area contributed by atoms with Crippen LogP contribution < -0.4 is 5.32 Å². The Morgan fingerprint density at radius 3 is 2.26 bits per heavy atom. The zero-order chi connectivity index (χ0) is 24.8. The maximum Gasteiger partial charge on any atom is 0.338 e. The lowest BCUT2D eigenvalue weighted by atomic mass is 10.1. The molecule has 1 aromatic heterocycles. The maximum atomic E-state index is 12.6. The third-order valence-corrected chi connectivity index (χ3v) is 5.90. The van der Waals surface area contributed by atoms with Crippen LogP contribution in [0.1, 0.15) is 34.6 Å². The number of nitrogens with one attached hydrogen (secondary N) is 1. The second-order valence-corrected chi connectivity index (χ2v) is 8.10. The predicted molar refractivity (Wildman–Crippen MR) is 125 cm³/mol. The van der Waals surface area contributed by atoms with Gasteiger partial charge in [-0.25, -0.2) is 9.78 Å². The number of non-ortho nitro benzene ring substituents is 2. The van der Waals surface area contributed by atoms with E-state index < -0.39 is 33.1 Å². The van der Waals surface area contributed by atoms with Crippen LogP contribution in [0.3, 0.4) is 0 Å². The SMILES string of the molecule is CCN(CC)CCOC(=O)c1ccc2nc(NC(=O)c3cc([N+](=O)[O-])cc([N+](=O)[O-])c3)sc2c1. The van der Waals surface area contributed by atoms with Crippen LogP contribution >= 0.6 is 11.3 Å². The average Bonchev–Trinajstić information content (AvgIpc) is 3.22. The van der Waals surface area contributed by atoms with Crippen molar-refractivity contribution in [3.8, 4) is 0 Å². The smallest absolute Gasteiger partial charge is 0.338 e. The molecule has 2 aromatic carbocycles. The Kier molecular flexibility index (Phi) is 7.81. The minimum atomic E-state index is -0.815. The van der Waals surface area contributed by atoms with Crippen molar-refractivity contribution in [2.75, 3.05) is 31.6 Å². The number of ether oxygens (including phenoxy) is 1. The molecular weight excluding hydrogens is 466 g/mol. The largest absolute Gasteiger partial charge is 0.461 e. The molecule has 1 heterocycles. The number of amides is 1. The standard InChI is InChI=1S/C21H21N5O7S/c1-3-24(4-2)7-8-33-20(28)13-5-6-17-18(11-13)34-21(22-17)23-19(27)14-9-15(25(29)30)12-16(10-14)26(31)32/h5-6,9-12H,3-4,7-8H2,1-2H3,(H,22,23,27). The summed E-state index contributed by atoms with van der Waals surface area (Å²) in [6, 6.07) is 7.44. The van der Waals surface area contributed by atoms with Crippen molar-refractivity contribution in [1.82, 2.24) is 9.88 Å². The van der Waals surface area contributed by atoms with E-state index in [1.165, 1.54) is 0 Å². The van der Waals surface area contributed by atoms with Crippen LogP contribution in [0.5, 0.6) is 0 Å². The van der Waals surface area contributed by atoms with Crippen molar-refractivity contribution in [2.24, 2.45) is 0 Å². The van der Waals surface area contributed by atoms with E-state index in [-0.39, 0.29) is 17.3 Å². The van der Waals surface area contributed by atoms with Crippen molar-refractivity contribution in [3.63, 3.8) is 0 Å². The first-order valence-corrected chi connectivity index (χ1v) is 11.1. The van der Waals surface area contributed by atoms with Gasteiger partial charge in [-0.1, -0.05) is 25.2 Å². The Labute approximate surface area is 197 Å². The molecule has 178 valence electrons. The first-order chi connectivity index (χ1) is 16.2. The van der Waals surface area contributed by atoms with Crippen molar-refractivity contribution < 1.29 is 24.2 Å². The van der Waals surface area contributed by atoms with E-state index in [2.05, 4.69) is 15.2 Å². The molecule has 0 unspecified atom stereocenters. The van der Waals surface area contributed by atoms with Crippen molar-refractivity contribution in [3.05, 3.63) is 67.8 Å². The van der Waals surface area contributed by atoms with E-state index in [0.29, 0.717) is 22.3 Å². The van der Waals surface area contributed by atoms with Crippen LogP contribution in [0.25, 0.3) is 10.2 Å². The number of rotatable bonds is 10. The lowest BCUT2D eigenvalue weighted by molar-refractivity contribution is -0.394. The second-order valence-electron chi connectivity index (χ2n) is 7.07. The first-order valence-electron chi connectivity index (χ1n) is 10.3. The molecule has 3 aromatic rings. The lowest BCUT2D eigenvalue weighted by Crippen LogP contribution is -2.27. The predicted octanol–water partition coefficient (Wildman–Crippen LogP) is 3.86. The fraction of sp³-hybridized carbons (Fsp3) is 0.286. The van der Waals surface area contributed by atoms with Crippen LogP contribution in [0.15, 0.2) is 36.4 Å². The van der Waals surface area contributed by atoms with E-state index in [1.54, 1.807) is 18.2 Å². The highest BCUT2D eigenvalue weighted by molar-refractivity contribution is 7.22. The highest BCUT2D eigenvalue weighted by Gasteiger charge is 2.21. The Morgan fingerprint density at radius 2 is 1.68 bits per heavy atom. The Bertz CT molecular complexity index is 1220. The molecule has 0 saturated heterocycles. The van der Waals surface area contributed by atoms with Gasteiger partial charge in [-0.05, 0) is 31.3 Å². The molecule has 0 bridgehead atoms. The minimum Gasteiger partial charge on any atom is -0.461 e. The van der Waals surface area contributed by atoms with Crippen LogP contribution in [-0.2, 0) is 4.74 Å². The molecule has 13 heteroatoms. The molecule has 0 atom stereocenters. The third-order valence-electron chi connectivity index (χ3n) is 4.97. The summed E-state index contributed by atoms with van der Waals surface area (Å²) < 4.78 is 5.93. The van der Waals surface area contributed by atoms with Crippen molar-refractivity contribution >= 4 is 49.9 Å². The quantitative estimate of drug-likeness (QED) is 0.254. The number of thiazole rings is 1. The third kappa shape index (κ3) is 5.88. The second kappa shape index (κ2) is 10.8. The number of nitro groups is 2. The lowest BCUT2D eigenvalue weighted by Gasteiger charge is -2.17. The van der Waals surface area contributed by atoms with Gasteiger partial charge >= 0.3 is 5.97 Å². The van der Waals surface area contributed by atoms with Crippen molar-refractivity contribution in [2.45, 2.75) is 13.8 Å². The molecule has 0 aliphatic rings. The summed E-state index contributed by atoms with van der Waals surface area (Å²) in [6.07, 6.45) is 0. The van der Waals surface area contributed by atoms with Crippen molar-refractivity contribution in [1.29, 1.82) is 0 Å². The highest BCUT2D eigenvalue weighted by Crippen LogP contribution is 2.28. The number of nitrogens with zero attached hydrogens (tertiary/aromatic N) is 4. The van der Waals surface area contributed by atoms with Crippen LogP contribution in [-0.4, -0.2) is 57.8 Å². The summed E-state index contributed by atoms with van der Waals surface area (Å²) in [5.74, 6) is -1.26. The number of fused-ring (bicyclic) bond motifs is 1. The summed E-state index contributed by atoms with van der Waals surface area (Å²) in [4.78, 5) is 51.8. The summed E-state index contributed by atoms with van der Waals surface area (Å²) in [5.41, 5.74) is -0.550. The number of benzene rings is 2. The monoisotopic (exact) mass is 487 g/mol. The van der Waals surface area contributed by atoms with Gasteiger partial charge < -0.3 is 9.64 Å². The van der Waals surface area contributed by atoms with Gasteiger partial charge in [0.25, 0.3) is 17.3 Å². The highest BCUT2D eigenvalue weighted by atomic mass is 32.1. The van der Waals surface area contributed by atoms with Crippen LogP contribution in [0.2, 0.25) is 0 Å². The molecule has 12 nitrogen and oxygen atoms in total. The van der Waals surface area contributed by atoms with E-state index >= 15 is 0 Å². The first kappa shape index (κ1) is 24.7. The van der Waals surface area contributed by atoms with Gasteiger partial charge in [0, 0.05) is 18.7 Å². The van der Waals surface area contributed by atoms with E-state index in [9.17, 15) is 29.8 Å². The molecule has 0 aliphatic carbocycles. The number of aromatic nitrogens is 1.